The van der Waals surface area contributed by atoms with E-state index >= 15 is 0 Å². The molecule has 0 aromatic carbocycles. The summed E-state index contributed by atoms with van der Waals surface area (Å²) in [5.74, 6) is -1.24. The predicted octanol–water partition coefficient (Wildman–Crippen LogP) is 13.7. The molecule has 1 unspecified atom stereocenters. The molecule has 0 aliphatic heterocycles. The van der Waals surface area contributed by atoms with Crippen LogP contribution in [-0.4, -0.2) is 35.6 Å². The average Bonchev–Trinajstić information content (AvgIpc) is 3.13. The van der Waals surface area contributed by atoms with Gasteiger partial charge in [0.25, 0.3) is 0 Å². The van der Waals surface area contributed by atoms with Gasteiger partial charge in [0.1, 0.15) is 12.6 Å². The predicted molar refractivity (Wildman–Crippen MR) is 222 cm³/mol. The van der Waals surface area contributed by atoms with Crippen molar-refractivity contribution in [3.05, 3.63) is 36.5 Å². The van der Waals surface area contributed by atoms with Crippen molar-refractivity contribution in [2.24, 2.45) is 0 Å². The zero-order valence-electron chi connectivity index (χ0n) is 34.2. The number of unbranched alkanes of at least 4 members (excludes halogenated alkanes) is 23. The molecule has 0 aliphatic carbocycles. The topological polar surface area (TPSA) is 92.7 Å². The fraction of sp³-hybridized carbons (Fsp3) is 0.804. The third-order valence-electron chi connectivity index (χ3n) is 9.83. The molecule has 1 amide bonds. The number of allylic oxidation sites excluding steroid dienone is 6. The molecular weight excluding hydrogens is 647 g/mol. The summed E-state index contributed by atoms with van der Waals surface area (Å²) in [7, 11) is 0. The fourth-order valence-electron chi connectivity index (χ4n) is 6.59. The normalized spacial score (nSPS) is 12.3. The van der Waals surface area contributed by atoms with Crippen molar-refractivity contribution in [3.63, 3.8) is 0 Å². The number of rotatable bonds is 40. The van der Waals surface area contributed by atoms with Gasteiger partial charge in [0.2, 0.25) is 5.91 Å². The summed E-state index contributed by atoms with van der Waals surface area (Å²) < 4.78 is 6.04. The van der Waals surface area contributed by atoms with Gasteiger partial charge >= 0.3 is 11.9 Å². The summed E-state index contributed by atoms with van der Waals surface area (Å²) in [5, 5.41) is 11.1. The van der Waals surface area contributed by atoms with E-state index in [-0.39, 0.29) is 24.5 Å². The largest absolute Gasteiger partial charge is 0.480 e. The third-order valence-corrected chi connectivity index (χ3v) is 9.83. The van der Waals surface area contributed by atoms with Gasteiger partial charge in [0, 0.05) is 12.8 Å². The van der Waals surface area contributed by atoms with Crippen LogP contribution < -0.4 is 5.32 Å². The number of carbonyl (C=O) groups excluding carboxylic acids is 2. The number of carbonyl (C=O) groups is 3. The summed E-state index contributed by atoms with van der Waals surface area (Å²) in [6, 6.07) is 0. The van der Waals surface area contributed by atoms with E-state index in [9.17, 15) is 14.4 Å². The molecule has 0 saturated heterocycles. The molecule has 0 aliphatic rings. The Bertz CT molecular complexity index is 895. The molecule has 0 radical (unpaired) electrons. The monoisotopic (exact) mass is 730 g/mol. The summed E-state index contributed by atoms with van der Waals surface area (Å²) >= 11 is 0. The SMILES string of the molecule is CC/C=C\C/C=C\C/C=C\CCCCCCCC(=O)OC(CCCCCCCCCCCCCCCCC)CCCCCCCC(=O)NCC(=O)O. The maximum Gasteiger partial charge on any atom is 0.322 e. The highest BCUT2D eigenvalue weighted by Gasteiger charge is 2.14. The quantitative estimate of drug-likeness (QED) is 0.0372. The number of hydrogen-bond acceptors (Lipinski definition) is 4. The molecule has 0 aromatic heterocycles. The molecule has 1 atom stereocenters. The van der Waals surface area contributed by atoms with Crippen LogP contribution in [0.25, 0.3) is 0 Å². The standard InChI is InChI=1S/C46H83NO5/c1-3-5-7-9-11-13-15-17-19-21-23-25-27-30-34-38-43(39-35-31-29-32-36-40-44(48)47-42-45(49)50)52-46(51)41-37-33-28-26-24-22-20-18-16-14-12-10-8-6-4-2/h6,8,12,14,18,20,43H,3-5,7,9-11,13,15-17,19,21-42H2,1-2H3,(H,47,48)(H,49,50)/b8-6-,14-12-,20-18-. The maximum absolute atomic E-state index is 12.8. The summed E-state index contributed by atoms with van der Waals surface area (Å²) in [6.45, 7) is 4.13. The highest BCUT2D eigenvalue weighted by Crippen LogP contribution is 2.19. The summed E-state index contributed by atoms with van der Waals surface area (Å²) in [5.41, 5.74) is 0. The van der Waals surface area contributed by atoms with Crippen molar-refractivity contribution in [2.45, 2.75) is 232 Å². The lowest BCUT2D eigenvalue weighted by Gasteiger charge is -2.18. The van der Waals surface area contributed by atoms with Crippen LogP contribution in [0, 0.1) is 0 Å². The van der Waals surface area contributed by atoms with Gasteiger partial charge in [0.15, 0.2) is 0 Å². The third kappa shape index (κ3) is 40.4. The highest BCUT2D eigenvalue weighted by molar-refractivity contribution is 5.80. The molecule has 0 aromatic rings. The lowest BCUT2D eigenvalue weighted by atomic mass is 10.0. The Morgan fingerprint density at radius 3 is 1.44 bits per heavy atom. The van der Waals surface area contributed by atoms with Gasteiger partial charge in [-0.15, -0.1) is 0 Å². The second-order valence-electron chi connectivity index (χ2n) is 14.9. The highest BCUT2D eigenvalue weighted by atomic mass is 16.5. The van der Waals surface area contributed by atoms with Crippen molar-refractivity contribution in [3.8, 4) is 0 Å². The number of aliphatic carboxylic acids is 1. The van der Waals surface area contributed by atoms with E-state index in [1.807, 2.05) is 0 Å². The molecule has 52 heavy (non-hydrogen) atoms. The van der Waals surface area contributed by atoms with E-state index in [0.717, 1.165) is 89.9 Å². The van der Waals surface area contributed by atoms with E-state index in [4.69, 9.17) is 9.84 Å². The number of nitrogens with one attached hydrogen (secondary N) is 1. The van der Waals surface area contributed by atoms with Gasteiger partial charge in [-0.05, 0) is 70.6 Å². The zero-order valence-corrected chi connectivity index (χ0v) is 34.2. The molecular formula is C46H83NO5. The van der Waals surface area contributed by atoms with E-state index in [1.165, 1.54) is 109 Å². The molecule has 302 valence electrons. The number of amides is 1. The molecule has 2 N–H and O–H groups in total. The lowest BCUT2D eigenvalue weighted by molar-refractivity contribution is -0.150. The van der Waals surface area contributed by atoms with E-state index in [0.29, 0.717) is 12.8 Å². The van der Waals surface area contributed by atoms with Crippen LogP contribution in [0.1, 0.15) is 226 Å². The minimum Gasteiger partial charge on any atom is -0.480 e. The van der Waals surface area contributed by atoms with Crippen molar-refractivity contribution >= 4 is 17.8 Å². The van der Waals surface area contributed by atoms with Crippen LogP contribution in [-0.2, 0) is 19.1 Å². The Morgan fingerprint density at radius 2 is 0.942 bits per heavy atom. The molecule has 0 spiro atoms. The van der Waals surface area contributed by atoms with Crippen LogP contribution in [0.4, 0.5) is 0 Å². The fourth-order valence-corrected chi connectivity index (χ4v) is 6.59. The molecule has 0 saturated carbocycles. The number of ether oxygens (including phenoxy) is 1. The van der Waals surface area contributed by atoms with Gasteiger partial charge in [-0.3, -0.25) is 14.4 Å². The first-order valence-corrected chi connectivity index (χ1v) is 22.1. The Kier molecular flexibility index (Phi) is 39.5. The minimum absolute atomic E-state index is 0.0192. The van der Waals surface area contributed by atoms with E-state index in [1.54, 1.807) is 0 Å². The second kappa shape index (κ2) is 41.4. The van der Waals surface area contributed by atoms with Gasteiger partial charge in [-0.1, -0.05) is 179 Å². The van der Waals surface area contributed by atoms with Crippen LogP contribution in [0.2, 0.25) is 0 Å². The number of hydrogen-bond donors (Lipinski definition) is 2. The first-order valence-electron chi connectivity index (χ1n) is 22.1. The molecule has 0 bridgehead atoms. The molecule has 0 heterocycles. The van der Waals surface area contributed by atoms with Crippen molar-refractivity contribution in [1.29, 1.82) is 0 Å². The Morgan fingerprint density at radius 1 is 0.519 bits per heavy atom. The zero-order chi connectivity index (χ0) is 38.0. The molecule has 0 rings (SSSR count). The summed E-state index contributed by atoms with van der Waals surface area (Å²) in [4.78, 5) is 35.1. The average molecular weight is 730 g/mol. The van der Waals surface area contributed by atoms with Crippen molar-refractivity contribution in [1.82, 2.24) is 5.32 Å². The number of esters is 1. The Balaban J connectivity index is 4.19. The first kappa shape index (κ1) is 49.6. The van der Waals surface area contributed by atoms with E-state index in [2.05, 4.69) is 55.6 Å². The minimum atomic E-state index is -1.02. The maximum atomic E-state index is 12.8. The van der Waals surface area contributed by atoms with Gasteiger partial charge in [0.05, 0.1) is 0 Å². The van der Waals surface area contributed by atoms with Crippen LogP contribution in [0.15, 0.2) is 36.5 Å². The van der Waals surface area contributed by atoms with E-state index < -0.39 is 5.97 Å². The first-order chi connectivity index (χ1) is 25.5. The smallest absolute Gasteiger partial charge is 0.322 e. The second-order valence-corrected chi connectivity index (χ2v) is 14.9. The van der Waals surface area contributed by atoms with Gasteiger partial charge in [-0.2, -0.15) is 0 Å². The molecule has 6 nitrogen and oxygen atoms in total. The van der Waals surface area contributed by atoms with Crippen LogP contribution in [0.5, 0.6) is 0 Å². The molecule has 0 fully saturated rings. The van der Waals surface area contributed by atoms with Gasteiger partial charge in [-0.25, -0.2) is 0 Å². The van der Waals surface area contributed by atoms with Crippen molar-refractivity contribution in [2.75, 3.05) is 6.54 Å². The molecule has 6 heteroatoms. The van der Waals surface area contributed by atoms with Crippen LogP contribution in [0.3, 0.4) is 0 Å². The Hall–Kier alpha value is -2.37. The Labute approximate surface area is 321 Å². The van der Waals surface area contributed by atoms with Gasteiger partial charge < -0.3 is 15.2 Å². The van der Waals surface area contributed by atoms with Crippen molar-refractivity contribution < 1.29 is 24.2 Å². The number of carboxylic acid groups (broad SMARTS) is 1. The van der Waals surface area contributed by atoms with Crippen LogP contribution >= 0.6 is 0 Å². The number of carboxylic acids is 1. The summed E-state index contributed by atoms with van der Waals surface area (Å²) in [6.07, 6.45) is 51.2. The lowest BCUT2D eigenvalue weighted by Crippen LogP contribution is -2.28.